The van der Waals surface area contributed by atoms with E-state index in [1.165, 1.54) is 0 Å². The Hall–Kier alpha value is -1.60. The van der Waals surface area contributed by atoms with Crippen molar-refractivity contribution in [2.45, 2.75) is 25.9 Å². The first kappa shape index (κ1) is 16.8. The van der Waals surface area contributed by atoms with Crippen molar-refractivity contribution in [2.24, 2.45) is 5.41 Å². The number of methoxy groups -OCH3 is 1. The number of carbonyl (C=O) groups excluding carboxylic acids is 1. The third-order valence-electron chi connectivity index (χ3n) is 3.61. The topological polar surface area (TPSA) is 78.9 Å². The van der Waals surface area contributed by atoms with Gasteiger partial charge in [-0.3, -0.25) is 8.98 Å². The molecule has 0 atom stereocenters. The van der Waals surface area contributed by atoms with Gasteiger partial charge in [-0.15, -0.1) is 0 Å². The zero-order valence-electron chi connectivity index (χ0n) is 12.7. The fourth-order valence-corrected chi connectivity index (χ4v) is 2.49. The van der Waals surface area contributed by atoms with Crippen LogP contribution in [0.15, 0.2) is 24.3 Å². The highest BCUT2D eigenvalue weighted by molar-refractivity contribution is 7.85. The van der Waals surface area contributed by atoms with Gasteiger partial charge in [-0.1, -0.05) is 12.1 Å². The molecule has 0 saturated heterocycles. The van der Waals surface area contributed by atoms with E-state index < -0.39 is 10.1 Å². The van der Waals surface area contributed by atoms with Crippen LogP contribution in [0.3, 0.4) is 0 Å². The summed E-state index contributed by atoms with van der Waals surface area (Å²) in [7, 11) is -1.89. The number of rotatable bonds is 8. The normalized spacial score (nSPS) is 16.1. The minimum absolute atomic E-state index is 0.0451. The maximum absolute atomic E-state index is 11.9. The van der Waals surface area contributed by atoms with E-state index in [-0.39, 0.29) is 31.0 Å². The van der Waals surface area contributed by atoms with Crippen LogP contribution in [0.2, 0.25) is 0 Å². The molecule has 7 heteroatoms. The third kappa shape index (κ3) is 5.31. The molecule has 0 bridgehead atoms. The van der Waals surface area contributed by atoms with Gasteiger partial charge in [-0.2, -0.15) is 8.42 Å². The smallest absolute Gasteiger partial charge is 0.306 e. The van der Waals surface area contributed by atoms with Crippen LogP contribution in [0.1, 0.15) is 24.8 Å². The zero-order chi connectivity index (χ0) is 16.2. The van der Waals surface area contributed by atoms with Gasteiger partial charge in [0.25, 0.3) is 10.1 Å². The Kier molecular flexibility index (Phi) is 5.08. The number of ether oxygens (including phenoxy) is 2. The molecule has 122 valence electrons. The maximum atomic E-state index is 11.9. The molecule has 1 saturated carbocycles. The molecule has 0 radical (unpaired) electrons. The predicted octanol–water partition coefficient (Wildman–Crippen LogP) is 1.88. The molecule has 22 heavy (non-hydrogen) atoms. The van der Waals surface area contributed by atoms with Crippen molar-refractivity contribution in [2.75, 3.05) is 20.0 Å². The van der Waals surface area contributed by atoms with E-state index in [2.05, 4.69) is 0 Å². The number of esters is 1. The molecule has 1 fully saturated rings. The average Bonchev–Trinajstić information content (AvgIpc) is 3.23. The van der Waals surface area contributed by atoms with E-state index in [0.29, 0.717) is 0 Å². The van der Waals surface area contributed by atoms with Crippen LogP contribution in [0.4, 0.5) is 0 Å². The summed E-state index contributed by atoms with van der Waals surface area (Å²) in [6.45, 7) is 0.231. The van der Waals surface area contributed by atoms with Gasteiger partial charge in [0, 0.05) is 5.41 Å². The summed E-state index contributed by atoms with van der Waals surface area (Å²) in [6, 6.07) is 7.24. The Bertz CT molecular complexity index is 616. The molecule has 0 N–H and O–H groups in total. The molecule has 0 aliphatic heterocycles. The Balaban J connectivity index is 1.77. The minimum atomic E-state index is -3.48. The molecule has 2 rings (SSSR count). The molecule has 0 heterocycles. The SMILES string of the molecule is COc1ccc(COC(=O)CC2(COS(C)(=O)=O)CC2)cc1. The fraction of sp³-hybridized carbons (Fsp3) is 0.533. The van der Waals surface area contributed by atoms with Gasteiger partial charge in [0.05, 0.1) is 26.4 Å². The van der Waals surface area contributed by atoms with Crippen molar-refractivity contribution < 1.29 is 26.9 Å². The lowest BCUT2D eigenvalue weighted by Crippen LogP contribution is -2.19. The first-order valence-electron chi connectivity index (χ1n) is 6.95. The summed E-state index contributed by atoms with van der Waals surface area (Å²) in [5.41, 5.74) is 0.492. The quantitative estimate of drug-likeness (QED) is 0.535. The second-order valence-corrected chi connectivity index (χ2v) is 7.30. The maximum Gasteiger partial charge on any atom is 0.306 e. The van der Waals surface area contributed by atoms with Crippen LogP contribution in [-0.2, 0) is 30.4 Å². The molecular weight excluding hydrogens is 308 g/mol. The van der Waals surface area contributed by atoms with Crippen LogP contribution < -0.4 is 4.74 Å². The Morgan fingerprint density at radius 3 is 2.36 bits per heavy atom. The Morgan fingerprint density at radius 2 is 1.86 bits per heavy atom. The summed E-state index contributed by atoms with van der Waals surface area (Å²) in [6.07, 6.45) is 2.74. The standard InChI is InChI=1S/C15H20O6S/c1-19-13-5-3-12(4-6-13)10-20-14(16)9-15(7-8-15)11-21-22(2,17)18/h3-6H,7-11H2,1-2H3. The fourth-order valence-electron chi connectivity index (χ4n) is 2.02. The highest BCUT2D eigenvalue weighted by atomic mass is 32.2. The van der Waals surface area contributed by atoms with Crippen molar-refractivity contribution in [1.29, 1.82) is 0 Å². The molecule has 0 unspecified atom stereocenters. The molecule has 1 aliphatic carbocycles. The van der Waals surface area contributed by atoms with Crippen LogP contribution >= 0.6 is 0 Å². The number of carbonyl (C=O) groups is 1. The number of hydrogen-bond acceptors (Lipinski definition) is 6. The minimum Gasteiger partial charge on any atom is -0.497 e. The molecule has 0 aromatic heterocycles. The first-order valence-corrected chi connectivity index (χ1v) is 8.77. The average molecular weight is 328 g/mol. The molecular formula is C15H20O6S. The van der Waals surface area contributed by atoms with Gasteiger partial charge in [0.2, 0.25) is 0 Å². The Morgan fingerprint density at radius 1 is 1.23 bits per heavy atom. The summed E-state index contributed by atoms with van der Waals surface area (Å²) >= 11 is 0. The molecule has 0 amide bonds. The molecule has 0 spiro atoms. The molecule has 1 aromatic carbocycles. The van der Waals surface area contributed by atoms with E-state index in [1.54, 1.807) is 19.2 Å². The van der Waals surface area contributed by atoms with Gasteiger partial charge >= 0.3 is 5.97 Å². The van der Waals surface area contributed by atoms with Gasteiger partial charge in [-0.25, -0.2) is 0 Å². The van der Waals surface area contributed by atoms with Crippen molar-refractivity contribution in [3.63, 3.8) is 0 Å². The van der Waals surface area contributed by atoms with Crippen LogP contribution in [-0.4, -0.2) is 34.4 Å². The summed E-state index contributed by atoms with van der Waals surface area (Å²) in [5.74, 6) is 0.398. The van der Waals surface area contributed by atoms with Crippen LogP contribution in [0, 0.1) is 5.41 Å². The van der Waals surface area contributed by atoms with Gasteiger partial charge in [-0.05, 0) is 30.5 Å². The van der Waals surface area contributed by atoms with E-state index in [4.69, 9.17) is 13.7 Å². The van der Waals surface area contributed by atoms with Gasteiger partial charge in [0.15, 0.2) is 0 Å². The summed E-state index contributed by atoms with van der Waals surface area (Å²) in [4.78, 5) is 11.9. The summed E-state index contributed by atoms with van der Waals surface area (Å²) < 4.78 is 37.1. The van der Waals surface area contributed by atoms with Crippen molar-refractivity contribution >= 4 is 16.1 Å². The van der Waals surface area contributed by atoms with Crippen LogP contribution in [0.25, 0.3) is 0 Å². The van der Waals surface area contributed by atoms with E-state index in [0.717, 1.165) is 30.4 Å². The Labute approximate surface area is 130 Å². The van der Waals surface area contributed by atoms with E-state index in [1.807, 2.05) is 12.1 Å². The monoisotopic (exact) mass is 328 g/mol. The van der Waals surface area contributed by atoms with Gasteiger partial charge < -0.3 is 9.47 Å². The second kappa shape index (κ2) is 6.66. The molecule has 1 aliphatic rings. The highest BCUT2D eigenvalue weighted by Gasteiger charge is 2.46. The van der Waals surface area contributed by atoms with E-state index >= 15 is 0 Å². The zero-order valence-corrected chi connectivity index (χ0v) is 13.5. The lowest BCUT2D eigenvalue weighted by molar-refractivity contribution is -0.146. The highest BCUT2D eigenvalue weighted by Crippen LogP contribution is 2.49. The second-order valence-electron chi connectivity index (χ2n) is 5.65. The lowest BCUT2D eigenvalue weighted by Gasteiger charge is -2.13. The van der Waals surface area contributed by atoms with Crippen LogP contribution in [0.5, 0.6) is 5.75 Å². The molecule has 6 nitrogen and oxygen atoms in total. The number of benzene rings is 1. The van der Waals surface area contributed by atoms with Crippen molar-refractivity contribution in [3.8, 4) is 5.75 Å². The van der Waals surface area contributed by atoms with Crippen molar-refractivity contribution in [1.82, 2.24) is 0 Å². The molecule has 1 aromatic rings. The largest absolute Gasteiger partial charge is 0.497 e. The lowest BCUT2D eigenvalue weighted by atomic mass is 10.0. The van der Waals surface area contributed by atoms with Crippen molar-refractivity contribution in [3.05, 3.63) is 29.8 Å². The van der Waals surface area contributed by atoms with E-state index in [9.17, 15) is 13.2 Å². The van der Waals surface area contributed by atoms with Gasteiger partial charge in [0.1, 0.15) is 12.4 Å². The number of hydrogen-bond donors (Lipinski definition) is 0. The third-order valence-corrected chi connectivity index (χ3v) is 4.16. The summed E-state index contributed by atoms with van der Waals surface area (Å²) in [5, 5.41) is 0. The predicted molar refractivity (Wildman–Crippen MR) is 79.9 cm³/mol. The first-order chi connectivity index (χ1) is 10.3.